The van der Waals surface area contributed by atoms with Gasteiger partial charge in [0.25, 0.3) is 5.91 Å². The van der Waals surface area contributed by atoms with Gasteiger partial charge in [-0.2, -0.15) is 0 Å². The SMILES string of the molecule is CCNC(=O)c1cccc(C)c1OC/C=C/c1ccccc1. The Kier molecular flexibility index (Phi) is 5.78. The number of benzene rings is 2. The minimum absolute atomic E-state index is 0.103. The summed E-state index contributed by atoms with van der Waals surface area (Å²) in [5, 5.41) is 2.81. The molecule has 2 aromatic rings. The van der Waals surface area contributed by atoms with Crippen LogP contribution in [0.2, 0.25) is 0 Å². The lowest BCUT2D eigenvalue weighted by Crippen LogP contribution is -2.23. The lowest BCUT2D eigenvalue weighted by atomic mass is 10.1. The predicted molar refractivity (Wildman–Crippen MR) is 90.2 cm³/mol. The van der Waals surface area contributed by atoms with Gasteiger partial charge in [-0.05, 0) is 37.1 Å². The average Bonchev–Trinajstić information content (AvgIpc) is 2.54. The maximum absolute atomic E-state index is 12.1. The number of para-hydroxylation sites is 1. The van der Waals surface area contributed by atoms with Crippen molar-refractivity contribution in [2.75, 3.05) is 13.2 Å². The van der Waals surface area contributed by atoms with E-state index >= 15 is 0 Å². The second kappa shape index (κ2) is 8.03. The Hall–Kier alpha value is -2.55. The molecule has 0 saturated carbocycles. The molecule has 3 heteroatoms. The van der Waals surface area contributed by atoms with Crippen molar-refractivity contribution < 1.29 is 9.53 Å². The first-order valence-corrected chi connectivity index (χ1v) is 7.44. The van der Waals surface area contributed by atoms with E-state index in [-0.39, 0.29) is 5.91 Å². The third-order valence-corrected chi connectivity index (χ3v) is 3.23. The molecule has 0 fully saturated rings. The van der Waals surface area contributed by atoms with Gasteiger partial charge in [-0.3, -0.25) is 4.79 Å². The number of rotatable bonds is 6. The Morgan fingerprint density at radius 2 is 1.91 bits per heavy atom. The van der Waals surface area contributed by atoms with E-state index in [9.17, 15) is 4.79 Å². The zero-order chi connectivity index (χ0) is 15.8. The summed E-state index contributed by atoms with van der Waals surface area (Å²) >= 11 is 0. The highest BCUT2D eigenvalue weighted by Crippen LogP contribution is 2.23. The first kappa shape index (κ1) is 15.8. The lowest BCUT2D eigenvalue weighted by molar-refractivity contribution is 0.0952. The third-order valence-electron chi connectivity index (χ3n) is 3.23. The van der Waals surface area contributed by atoms with Crippen LogP contribution in [0.3, 0.4) is 0 Å². The van der Waals surface area contributed by atoms with Gasteiger partial charge in [-0.1, -0.05) is 48.5 Å². The van der Waals surface area contributed by atoms with Crippen molar-refractivity contribution in [2.45, 2.75) is 13.8 Å². The maximum atomic E-state index is 12.1. The van der Waals surface area contributed by atoms with Crippen molar-refractivity contribution in [3.8, 4) is 5.75 Å². The zero-order valence-corrected chi connectivity index (χ0v) is 13.0. The molecule has 1 amide bonds. The second-order valence-corrected chi connectivity index (χ2v) is 4.94. The van der Waals surface area contributed by atoms with E-state index in [1.165, 1.54) is 0 Å². The van der Waals surface area contributed by atoms with E-state index in [0.717, 1.165) is 11.1 Å². The summed E-state index contributed by atoms with van der Waals surface area (Å²) in [7, 11) is 0. The Balaban J connectivity index is 2.06. The second-order valence-electron chi connectivity index (χ2n) is 4.94. The standard InChI is InChI=1S/C19H21NO2/c1-3-20-19(21)17-13-7-9-15(2)18(17)22-14-8-12-16-10-5-4-6-11-16/h4-13H,3,14H2,1-2H3,(H,20,21)/b12-8+. The van der Waals surface area contributed by atoms with Crippen LogP contribution in [0.25, 0.3) is 6.08 Å². The number of nitrogens with one attached hydrogen (secondary N) is 1. The van der Waals surface area contributed by atoms with Crippen LogP contribution in [-0.2, 0) is 0 Å². The monoisotopic (exact) mass is 295 g/mol. The summed E-state index contributed by atoms with van der Waals surface area (Å²) < 4.78 is 5.81. The molecule has 3 nitrogen and oxygen atoms in total. The van der Waals surface area contributed by atoms with Gasteiger partial charge in [0.2, 0.25) is 0 Å². The molecule has 0 aliphatic rings. The van der Waals surface area contributed by atoms with E-state index in [0.29, 0.717) is 24.5 Å². The number of aryl methyl sites for hydroxylation is 1. The van der Waals surface area contributed by atoms with Gasteiger partial charge in [0, 0.05) is 6.54 Å². The van der Waals surface area contributed by atoms with Crippen LogP contribution < -0.4 is 10.1 Å². The highest BCUT2D eigenvalue weighted by Gasteiger charge is 2.13. The third kappa shape index (κ3) is 4.22. The molecular formula is C19H21NO2. The van der Waals surface area contributed by atoms with Crippen LogP contribution in [0, 0.1) is 6.92 Å². The van der Waals surface area contributed by atoms with Crippen LogP contribution in [0.4, 0.5) is 0 Å². The summed E-state index contributed by atoms with van der Waals surface area (Å²) in [6.45, 7) is 4.86. The van der Waals surface area contributed by atoms with Crippen LogP contribution >= 0.6 is 0 Å². The van der Waals surface area contributed by atoms with Crippen molar-refractivity contribution in [1.82, 2.24) is 5.32 Å². The van der Waals surface area contributed by atoms with Gasteiger partial charge in [0.1, 0.15) is 12.4 Å². The van der Waals surface area contributed by atoms with Gasteiger partial charge in [0.15, 0.2) is 0 Å². The fourth-order valence-corrected chi connectivity index (χ4v) is 2.16. The largest absolute Gasteiger partial charge is 0.488 e. The number of hydrogen-bond acceptors (Lipinski definition) is 2. The quantitative estimate of drug-likeness (QED) is 0.879. The molecule has 0 radical (unpaired) electrons. The van der Waals surface area contributed by atoms with Crippen LogP contribution in [0.5, 0.6) is 5.75 Å². The van der Waals surface area contributed by atoms with Gasteiger partial charge >= 0.3 is 0 Å². The number of hydrogen-bond donors (Lipinski definition) is 1. The molecule has 0 spiro atoms. The predicted octanol–water partition coefficient (Wildman–Crippen LogP) is 3.84. The Labute approximate surface area is 131 Å². The molecule has 2 rings (SSSR count). The Bertz CT molecular complexity index is 648. The van der Waals surface area contributed by atoms with Gasteiger partial charge < -0.3 is 10.1 Å². The topological polar surface area (TPSA) is 38.3 Å². The molecule has 0 bridgehead atoms. The maximum Gasteiger partial charge on any atom is 0.255 e. The fraction of sp³-hybridized carbons (Fsp3) is 0.211. The average molecular weight is 295 g/mol. The molecule has 0 heterocycles. The smallest absolute Gasteiger partial charge is 0.255 e. The highest BCUT2D eigenvalue weighted by molar-refractivity contribution is 5.97. The number of carbonyl (C=O) groups excluding carboxylic acids is 1. The number of carbonyl (C=O) groups is 1. The van der Waals surface area contributed by atoms with Crippen molar-refractivity contribution in [3.63, 3.8) is 0 Å². The van der Waals surface area contributed by atoms with Gasteiger partial charge in [-0.25, -0.2) is 0 Å². The molecular weight excluding hydrogens is 274 g/mol. The molecule has 0 atom stereocenters. The summed E-state index contributed by atoms with van der Waals surface area (Å²) in [6.07, 6.45) is 3.95. The minimum Gasteiger partial charge on any atom is -0.488 e. The molecule has 114 valence electrons. The van der Waals surface area contributed by atoms with Crippen molar-refractivity contribution >= 4 is 12.0 Å². The van der Waals surface area contributed by atoms with E-state index < -0.39 is 0 Å². The lowest BCUT2D eigenvalue weighted by Gasteiger charge is -2.12. The molecule has 1 N–H and O–H groups in total. The molecule has 0 saturated heterocycles. The first-order chi connectivity index (χ1) is 10.7. The molecule has 0 aliphatic heterocycles. The highest BCUT2D eigenvalue weighted by atomic mass is 16.5. The van der Waals surface area contributed by atoms with Crippen LogP contribution in [0.1, 0.15) is 28.4 Å². The van der Waals surface area contributed by atoms with E-state index in [4.69, 9.17) is 4.74 Å². The zero-order valence-electron chi connectivity index (χ0n) is 13.0. The Morgan fingerprint density at radius 3 is 2.64 bits per heavy atom. The summed E-state index contributed by atoms with van der Waals surface area (Å²) in [4.78, 5) is 12.1. The molecule has 2 aromatic carbocycles. The van der Waals surface area contributed by atoms with E-state index in [2.05, 4.69) is 5.32 Å². The van der Waals surface area contributed by atoms with Crippen molar-refractivity contribution in [3.05, 3.63) is 71.3 Å². The van der Waals surface area contributed by atoms with Gasteiger partial charge in [-0.15, -0.1) is 0 Å². The van der Waals surface area contributed by atoms with Crippen molar-refractivity contribution in [2.24, 2.45) is 0 Å². The van der Waals surface area contributed by atoms with Gasteiger partial charge in [0.05, 0.1) is 5.56 Å². The van der Waals surface area contributed by atoms with E-state index in [1.54, 1.807) is 6.07 Å². The summed E-state index contributed by atoms with van der Waals surface area (Å²) in [6, 6.07) is 15.6. The summed E-state index contributed by atoms with van der Waals surface area (Å²) in [5.41, 5.74) is 2.66. The molecule has 22 heavy (non-hydrogen) atoms. The van der Waals surface area contributed by atoms with Crippen LogP contribution in [0.15, 0.2) is 54.6 Å². The molecule has 0 aromatic heterocycles. The van der Waals surface area contributed by atoms with E-state index in [1.807, 2.05) is 68.5 Å². The number of ether oxygens (including phenoxy) is 1. The molecule has 0 unspecified atom stereocenters. The first-order valence-electron chi connectivity index (χ1n) is 7.44. The number of amides is 1. The van der Waals surface area contributed by atoms with Crippen molar-refractivity contribution in [1.29, 1.82) is 0 Å². The fourth-order valence-electron chi connectivity index (χ4n) is 2.16. The normalized spacial score (nSPS) is 10.6. The van der Waals surface area contributed by atoms with Crippen LogP contribution in [-0.4, -0.2) is 19.1 Å². The minimum atomic E-state index is -0.103. The Morgan fingerprint density at radius 1 is 1.14 bits per heavy atom. The molecule has 0 aliphatic carbocycles. The summed E-state index contributed by atoms with van der Waals surface area (Å²) in [5.74, 6) is 0.541.